The highest BCUT2D eigenvalue weighted by molar-refractivity contribution is 5.83. The van der Waals surface area contributed by atoms with Gasteiger partial charge in [0.15, 0.2) is 28.5 Å². The van der Waals surface area contributed by atoms with E-state index in [0.29, 0.717) is 30.1 Å². The topological polar surface area (TPSA) is 106 Å². The molecule has 3 aromatic rings. The van der Waals surface area contributed by atoms with E-state index in [1.165, 1.54) is 6.33 Å². The van der Waals surface area contributed by atoms with E-state index in [4.69, 9.17) is 9.47 Å². The fraction of sp³-hybridized carbons (Fsp3) is 0.421. The molecule has 9 nitrogen and oxygen atoms in total. The average Bonchev–Trinajstić information content (AvgIpc) is 3.33. The molecule has 0 bridgehead atoms. The number of fused-ring (bicyclic) bond motifs is 2. The second-order valence-corrected chi connectivity index (χ2v) is 6.71. The van der Waals surface area contributed by atoms with Gasteiger partial charge in [0.2, 0.25) is 6.79 Å². The molecule has 0 radical (unpaired) electrons. The summed E-state index contributed by atoms with van der Waals surface area (Å²) in [6.45, 7) is 5.04. The predicted octanol–water partition coefficient (Wildman–Crippen LogP) is 1.50. The van der Waals surface area contributed by atoms with Gasteiger partial charge in [-0.2, -0.15) is 0 Å². The summed E-state index contributed by atoms with van der Waals surface area (Å²) in [7, 11) is 0. The lowest BCUT2D eigenvalue weighted by Crippen LogP contribution is -2.25. The summed E-state index contributed by atoms with van der Waals surface area (Å²) in [5.74, 6) is 2.20. The molecule has 0 fully saturated rings. The van der Waals surface area contributed by atoms with Gasteiger partial charge < -0.3 is 29.2 Å². The summed E-state index contributed by atoms with van der Waals surface area (Å²) >= 11 is 0. The van der Waals surface area contributed by atoms with Crippen LogP contribution < -0.4 is 14.4 Å². The summed E-state index contributed by atoms with van der Waals surface area (Å²) in [6, 6.07) is 5.36. The number of nitrogens with zero attached hydrogens (tertiary/aromatic N) is 5. The van der Waals surface area contributed by atoms with Gasteiger partial charge in [-0.15, -0.1) is 0 Å². The van der Waals surface area contributed by atoms with Crippen LogP contribution in [0.3, 0.4) is 0 Å². The van der Waals surface area contributed by atoms with Gasteiger partial charge in [0.25, 0.3) is 0 Å². The van der Waals surface area contributed by atoms with Crippen molar-refractivity contribution >= 4 is 17.0 Å². The van der Waals surface area contributed by atoms with Gasteiger partial charge in [0.05, 0.1) is 25.1 Å². The van der Waals surface area contributed by atoms with Gasteiger partial charge in [0.1, 0.15) is 6.33 Å². The van der Waals surface area contributed by atoms with Gasteiger partial charge in [-0.25, -0.2) is 15.0 Å². The van der Waals surface area contributed by atoms with E-state index >= 15 is 0 Å². The standard InChI is InChI=1S/C19H23N5O4/c1-3-23(7-13-4-5-15-16(6-13)28-11-27-15)18-17-19(21-9-20-18)24(10-22-17)14(8-25)12(2)26/h4-6,9-10,12,14,25-26H,3,7-8,11H2,1-2H3/t12-,14-/m1/s1. The number of aliphatic hydroxyl groups excluding tert-OH is 2. The van der Waals surface area contributed by atoms with Gasteiger partial charge >= 0.3 is 0 Å². The molecule has 0 aliphatic carbocycles. The molecule has 0 saturated heterocycles. The van der Waals surface area contributed by atoms with Crippen LogP contribution in [0.5, 0.6) is 11.5 Å². The van der Waals surface area contributed by atoms with Crippen molar-refractivity contribution in [2.45, 2.75) is 32.5 Å². The summed E-state index contributed by atoms with van der Waals surface area (Å²) in [6.07, 6.45) is 2.33. The third-order valence-electron chi connectivity index (χ3n) is 4.93. The Labute approximate surface area is 162 Å². The van der Waals surface area contributed by atoms with Crippen LogP contribution in [-0.4, -0.2) is 55.8 Å². The van der Waals surface area contributed by atoms with E-state index < -0.39 is 12.1 Å². The first-order valence-corrected chi connectivity index (χ1v) is 9.22. The molecule has 2 aromatic heterocycles. The largest absolute Gasteiger partial charge is 0.454 e. The van der Waals surface area contributed by atoms with E-state index in [1.54, 1.807) is 17.8 Å². The van der Waals surface area contributed by atoms with Crippen molar-refractivity contribution in [1.82, 2.24) is 19.5 Å². The second-order valence-electron chi connectivity index (χ2n) is 6.71. The lowest BCUT2D eigenvalue weighted by atomic mass is 10.2. The first-order valence-electron chi connectivity index (χ1n) is 9.22. The zero-order chi connectivity index (χ0) is 19.7. The third-order valence-corrected chi connectivity index (χ3v) is 4.93. The lowest BCUT2D eigenvalue weighted by Gasteiger charge is -2.23. The minimum atomic E-state index is -0.739. The molecule has 3 heterocycles. The van der Waals surface area contributed by atoms with E-state index in [0.717, 1.165) is 17.1 Å². The van der Waals surface area contributed by atoms with Crippen molar-refractivity contribution in [1.29, 1.82) is 0 Å². The average molecular weight is 385 g/mol. The van der Waals surface area contributed by atoms with Crippen molar-refractivity contribution in [3.05, 3.63) is 36.4 Å². The molecule has 4 rings (SSSR count). The third kappa shape index (κ3) is 3.23. The fourth-order valence-corrected chi connectivity index (χ4v) is 3.38. The second kappa shape index (κ2) is 7.61. The van der Waals surface area contributed by atoms with Gasteiger partial charge in [-0.3, -0.25) is 0 Å². The first-order chi connectivity index (χ1) is 13.6. The number of hydrogen-bond donors (Lipinski definition) is 2. The van der Waals surface area contributed by atoms with Crippen LogP contribution in [0, 0.1) is 0 Å². The highest BCUT2D eigenvalue weighted by Gasteiger charge is 2.22. The molecule has 0 spiro atoms. The molecular formula is C19H23N5O4. The van der Waals surface area contributed by atoms with Crippen LogP contribution >= 0.6 is 0 Å². The van der Waals surface area contributed by atoms with E-state index in [1.807, 2.05) is 25.1 Å². The number of anilines is 1. The molecule has 0 unspecified atom stereocenters. The number of imidazole rings is 1. The Balaban J connectivity index is 1.68. The Hall–Kier alpha value is -2.91. The zero-order valence-corrected chi connectivity index (χ0v) is 15.8. The van der Waals surface area contributed by atoms with Crippen molar-refractivity contribution in [2.75, 3.05) is 24.8 Å². The number of rotatable bonds is 7. The summed E-state index contributed by atoms with van der Waals surface area (Å²) in [5, 5.41) is 19.6. The molecule has 1 aliphatic rings. The van der Waals surface area contributed by atoms with Crippen LogP contribution in [0.2, 0.25) is 0 Å². The smallest absolute Gasteiger partial charge is 0.231 e. The Morgan fingerprint density at radius 2 is 2.04 bits per heavy atom. The van der Waals surface area contributed by atoms with Crippen LogP contribution in [0.25, 0.3) is 11.2 Å². The fourth-order valence-electron chi connectivity index (χ4n) is 3.38. The molecule has 2 atom stereocenters. The van der Waals surface area contributed by atoms with E-state index in [-0.39, 0.29) is 13.4 Å². The summed E-state index contributed by atoms with van der Waals surface area (Å²) < 4.78 is 12.5. The van der Waals surface area contributed by atoms with Crippen LogP contribution in [0.1, 0.15) is 25.5 Å². The highest BCUT2D eigenvalue weighted by atomic mass is 16.7. The molecule has 1 aliphatic heterocycles. The summed E-state index contributed by atoms with van der Waals surface area (Å²) in [5.41, 5.74) is 2.27. The maximum absolute atomic E-state index is 9.96. The number of ether oxygens (including phenoxy) is 2. The van der Waals surface area contributed by atoms with Crippen LogP contribution in [-0.2, 0) is 6.54 Å². The maximum Gasteiger partial charge on any atom is 0.231 e. The summed E-state index contributed by atoms with van der Waals surface area (Å²) in [4.78, 5) is 15.3. The quantitative estimate of drug-likeness (QED) is 0.630. The minimum absolute atomic E-state index is 0.211. The number of hydrogen-bond acceptors (Lipinski definition) is 8. The molecule has 0 amide bonds. The monoisotopic (exact) mass is 385 g/mol. The number of aromatic nitrogens is 4. The van der Waals surface area contributed by atoms with Gasteiger partial charge in [-0.05, 0) is 31.5 Å². The molecular weight excluding hydrogens is 362 g/mol. The van der Waals surface area contributed by atoms with Crippen molar-refractivity contribution in [3.8, 4) is 11.5 Å². The molecule has 0 saturated carbocycles. The predicted molar refractivity (Wildman–Crippen MR) is 102 cm³/mol. The Morgan fingerprint density at radius 1 is 1.21 bits per heavy atom. The van der Waals surface area contributed by atoms with E-state index in [9.17, 15) is 10.2 Å². The number of aliphatic hydroxyl groups is 2. The highest BCUT2D eigenvalue weighted by Crippen LogP contribution is 2.33. The Morgan fingerprint density at radius 3 is 2.79 bits per heavy atom. The van der Waals surface area contributed by atoms with Crippen molar-refractivity contribution in [3.63, 3.8) is 0 Å². The SMILES string of the molecule is CCN(Cc1ccc2c(c1)OCO2)c1ncnc2c1ncn2[C@H](CO)[C@@H](C)O. The van der Waals surface area contributed by atoms with E-state index in [2.05, 4.69) is 19.9 Å². The van der Waals surface area contributed by atoms with Crippen molar-refractivity contribution in [2.24, 2.45) is 0 Å². The zero-order valence-electron chi connectivity index (χ0n) is 15.8. The normalized spacial score (nSPS) is 15.0. The van der Waals surface area contributed by atoms with Crippen LogP contribution in [0.4, 0.5) is 5.82 Å². The van der Waals surface area contributed by atoms with Crippen LogP contribution in [0.15, 0.2) is 30.9 Å². The van der Waals surface area contributed by atoms with Gasteiger partial charge in [-0.1, -0.05) is 6.07 Å². The Kier molecular flexibility index (Phi) is 5.01. The molecule has 2 N–H and O–H groups in total. The maximum atomic E-state index is 9.96. The van der Waals surface area contributed by atoms with Crippen molar-refractivity contribution < 1.29 is 19.7 Å². The Bertz CT molecular complexity index is 974. The molecule has 9 heteroatoms. The molecule has 148 valence electrons. The lowest BCUT2D eigenvalue weighted by molar-refractivity contribution is 0.0885. The molecule has 1 aromatic carbocycles. The first kappa shape index (κ1) is 18.5. The number of benzene rings is 1. The minimum Gasteiger partial charge on any atom is -0.454 e. The van der Waals surface area contributed by atoms with Gasteiger partial charge in [0, 0.05) is 13.1 Å². The molecule has 28 heavy (non-hydrogen) atoms.